The van der Waals surface area contributed by atoms with Gasteiger partial charge in [-0.3, -0.25) is 0 Å². The van der Waals surface area contributed by atoms with Crippen molar-refractivity contribution < 1.29 is 13.2 Å². The number of aryl methyl sites for hydroxylation is 1. The Hall–Kier alpha value is -2.64. The van der Waals surface area contributed by atoms with Crippen molar-refractivity contribution in [2.24, 2.45) is 0 Å². The van der Waals surface area contributed by atoms with Crippen molar-refractivity contribution in [3.63, 3.8) is 0 Å². The van der Waals surface area contributed by atoms with Crippen LogP contribution in [0.2, 0.25) is 0 Å². The molecule has 0 aliphatic rings. The summed E-state index contributed by atoms with van der Waals surface area (Å²) >= 11 is 1.72. The van der Waals surface area contributed by atoms with Crippen LogP contribution in [0.4, 0.5) is 13.2 Å². The number of benzene rings is 3. The van der Waals surface area contributed by atoms with E-state index < -0.39 is 17.2 Å². The molecule has 0 N–H and O–H groups in total. The number of alkyl halides is 3. The minimum Gasteiger partial charge on any atom is -0.166 e. The van der Waals surface area contributed by atoms with Crippen LogP contribution in [0.3, 0.4) is 0 Å². The van der Waals surface area contributed by atoms with Crippen molar-refractivity contribution in [2.75, 3.05) is 0 Å². The van der Waals surface area contributed by atoms with Gasteiger partial charge in [-0.25, -0.2) is 0 Å². The Morgan fingerprint density at radius 3 is 2.10 bits per heavy atom. The van der Waals surface area contributed by atoms with E-state index in [1.165, 1.54) is 27.5 Å². The van der Waals surface area contributed by atoms with Gasteiger partial charge in [0.15, 0.2) is 0 Å². The zero-order valence-electron chi connectivity index (χ0n) is 16.7. The van der Waals surface area contributed by atoms with Crippen molar-refractivity contribution in [1.82, 2.24) is 0 Å². The van der Waals surface area contributed by atoms with Crippen molar-refractivity contribution in [1.29, 1.82) is 0 Å². The van der Waals surface area contributed by atoms with Gasteiger partial charge in [0.25, 0.3) is 0 Å². The lowest BCUT2D eigenvalue weighted by Crippen LogP contribution is -2.20. The van der Waals surface area contributed by atoms with Gasteiger partial charge in [0.2, 0.25) is 0 Å². The zero-order chi connectivity index (χ0) is 21.6. The molecule has 0 saturated carbocycles. The molecule has 0 aliphatic carbocycles. The fourth-order valence-corrected chi connectivity index (χ4v) is 4.28. The predicted molar refractivity (Wildman–Crippen MR) is 118 cm³/mol. The summed E-state index contributed by atoms with van der Waals surface area (Å²) < 4.78 is 38.4. The molecule has 1 unspecified atom stereocenters. The normalized spacial score (nSPS) is 13.4. The third-order valence-corrected chi connectivity index (χ3v) is 6.19. The summed E-state index contributed by atoms with van der Waals surface area (Å²) in [7, 11) is 0. The second-order valence-corrected chi connectivity index (χ2v) is 8.61. The Kier molecular flexibility index (Phi) is 6.95. The quantitative estimate of drug-likeness (QED) is 0.349. The van der Waals surface area contributed by atoms with Crippen LogP contribution >= 0.6 is 11.8 Å². The lowest BCUT2D eigenvalue weighted by atomic mass is 9.78. The first-order chi connectivity index (χ1) is 14.3. The Bertz CT molecular complexity index is 1000. The second-order valence-electron chi connectivity index (χ2n) is 7.47. The van der Waals surface area contributed by atoms with Crippen LogP contribution in [-0.4, -0.2) is 0 Å². The second kappa shape index (κ2) is 9.45. The molecule has 3 rings (SSSR count). The van der Waals surface area contributed by atoms with E-state index in [2.05, 4.69) is 42.3 Å². The molecule has 30 heavy (non-hydrogen) atoms. The van der Waals surface area contributed by atoms with Gasteiger partial charge >= 0.3 is 6.18 Å². The molecule has 0 heterocycles. The molecule has 154 valence electrons. The van der Waals surface area contributed by atoms with Gasteiger partial charge in [-0.05, 0) is 73.7 Å². The highest BCUT2D eigenvalue weighted by atomic mass is 32.2. The Morgan fingerprint density at radius 1 is 0.833 bits per heavy atom. The van der Waals surface area contributed by atoms with Crippen LogP contribution in [0.5, 0.6) is 0 Å². The van der Waals surface area contributed by atoms with Crippen LogP contribution < -0.4 is 0 Å². The monoisotopic (exact) mass is 424 g/mol. The molecule has 0 radical (unpaired) electrons. The highest BCUT2D eigenvalue weighted by Crippen LogP contribution is 2.34. The molecule has 3 aromatic carbocycles. The summed E-state index contributed by atoms with van der Waals surface area (Å²) in [5.41, 5.74) is 0.716. The van der Waals surface area contributed by atoms with Crippen molar-refractivity contribution in [3.8, 4) is 12.3 Å². The van der Waals surface area contributed by atoms with Crippen LogP contribution in [-0.2, 0) is 18.0 Å². The first-order valence-corrected chi connectivity index (χ1v) is 10.6. The van der Waals surface area contributed by atoms with Gasteiger partial charge in [-0.1, -0.05) is 60.1 Å². The van der Waals surface area contributed by atoms with Gasteiger partial charge in [-0.2, -0.15) is 13.2 Å². The maximum atomic E-state index is 12.8. The van der Waals surface area contributed by atoms with E-state index in [-0.39, 0.29) is 0 Å². The topological polar surface area (TPSA) is 0 Å². The third kappa shape index (κ3) is 5.70. The number of rotatable bonds is 7. The van der Waals surface area contributed by atoms with Crippen LogP contribution in [0, 0.1) is 12.3 Å². The van der Waals surface area contributed by atoms with Gasteiger partial charge in [0, 0.05) is 9.79 Å². The molecular formula is C26H23F3S. The smallest absolute Gasteiger partial charge is 0.166 e. The number of hydrogen-bond donors (Lipinski definition) is 0. The maximum Gasteiger partial charge on any atom is 0.416 e. The van der Waals surface area contributed by atoms with Gasteiger partial charge in [0.05, 0.1) is 11.0 Å². The Labute approximate surface area is 180 Å². The lowest BCUT2D eigenvalue weighted by Gasteiger charge is -2.25. The average Bonchev–Trinajstić information content (AvgIpc) is 2.74. The molecule has 0 aromatic heterocycles. The molecule has 0 amide bonds. The summed E-state index contributed by atoms with van der Waals surface area (Å²) in [5, 5.41) is 0. The lowest BCUT2D eigenvalue weighted by molar-refractivity contribution is -0.137. The largest absolute Gasteiger partial charge is 0.416 e. The molecule has 3 aromatic rings. The van der Waals surface area contributed by atoms with Crippen LogP contribution in [0.1, 0.15) is 36.5 Å². The molecule has 0 spiro atoms. The summed E-state index contributed by atoms with van der Waals surface area (Å²) in [6, 6.07) is 23.8. The van der Waals surface area contributed by atoms with Crippen LogP contribution in [0.25, 0.3) is 0 Å². The van der Waals surface area contributed by atoms with E-state index in [4.69, 9.17) is 6.42 Å². The standard InChI is InChI=1S/C26H23F3S/c1-3-25(2,21-14-16-22(17-15-21)26(27,28)29)18-8-10-20-9-7-13-24(19-20)30-23-11-5-4-6-12-23/h1,4-7,9,11-17,19H,8,10,18H2,2H3. The number of hydrogen-bond acceptors (Lipinski definition) is 1. The molecule has 0 fully saturated rings. The highest BCUT2D eigenvalue weighted by Gasteiger charge is 2.31. The van der Waals surface area contributed by atoms with Crippen molar-refractivity contribution >= 4 is 11.8 Å². The number of halogens is 3. The summed E-state index contributed by atoms with van der Waals surface area (Å²) in [4.78, 5) is 2.37. The highest BCUT2D eigenvalue weighted by molar-refractivity contribution is 7.99. The molecule has 0 nitrogen and oxygen atoms in total. The molecule has 4 heteroatoms. The van der Waals surface area contributed by atoms with Crippen molar-refractivity contribution in [3.05, 3.63) is 95.6 Å². The molecule has 1 atom stereocenters. The molecular weight excluding hydrogens is 401 g/mol. The van der Waals surface area contributed by atoms with E-state index in [1.54, 1.807) is 11.8 Å². The van der Waals surface area contributed by atoms with Crippen LogP contribution in [0.15, 0.2) is 88.7 Å². The fourth-order valence-electron chi connectivity index (χ4n) is 3.36. The first kappa shape index (κ1) is 22.1. The first-order valence-electron chi connectivity index (χ1n) is 9.77. The van der Waals surface area contributed by atoms with Gasteiger partial charge in [0.1, 0.15) is 0 Å². The summed E-state index contributed by atoms with van der Waals surface area (Å²) in [6.45, 7) is 1.91. The van der Waals surface area contributed by atoms with E-state index in [9.17, 15) is 13.2 Å². The SMILES string of the molecule is C#CC(C)(CCCc1cccc(Sc2ccccc2)c1)c1ccc(C(F)(F)F)cc1. The third-order valence-electron chi connectivity index (χ3n) is 5.19. The van der Waals surface area contributed by atoms with Crippen molar-refractivity contribution in [2.45, 2.75) is 47.6 Å². The van der Waals surface area contributed by atoms with E-state index in [0.29, 0.717) is 6.42 Å². The maximum absolute atomic E-state index is 12.8. The Morgan fingerprint density at radius 2 is 1.47 bits per heavy atom. The molecule has 0 aliphatic heterocycles. The van der Waals surface area contributed by atoms with E-state index in [0.717, 1.165) is 30.5 Å². The van der Waals surface area contributed by atoms with Gasteiger partial charge in [-0.15, -0.1) is 6.42 Å². The Balaban J connectivity index is 1.63. The van der Waals surface area contributed by atoms with Gasteiger partial charge < -0.3 is 0 Å². The fraction of sp³-hybridized carbons (Fsp3) is 0.231. The zero-order valence-corrected chi connectivity index (χ0v) is 17.6. The summed E-state index contributed by atoms with van der Waals surface area (Å²) in [5.74, 6) is 2.80. The van der Waals surface area contributed by atoms with E-state index in [1.807, 2.05) is 25.1 Å². The molecule has 0 bridgehead atoms. The minimum absolute atomic E-state index is 0.597. The van der Waals surface area contributed by atoms with E-state index >= 15 is 0 Å². The predicted octanol–water partition coefficient (Wildman–Crippen LogP) is 7.77. The number of terminal acetylenes is 1. The average molecular weight is 425 g/mol. The summed E-state index contributed by atoms with van der Waals surface area (Å²) in [6.07, 6.45) is 3.85. The minimum atomic E-state index is -4.34. The molecule has 0 saturated heterocycles.